The molecule has 2 atom stereocenters. The van der Waals surface area contributed by atoms with E-state index in [-0.39, 0.29) is 41.3 Å². The Morgan fingerprint density at radius 2 is 1.56 bits per heavy atom. The summed E-state index contributed by atoms with van der Waals surface area (Å²) in [5.74, 6) is 1.42. The van der Waals surface area contributed by atoms with Gasteiger partial charge in [-0.2, -0.15) is 0 Å². The first kappa shape index (κ1) is 40.3. The van der Waals surface area contributed by atoms with Gasteiger partial charge in [0.1, 0.15) is 5.69 Å². The number of halogens is 1. The van der Waals surface area contributed by atoms with Gasteiger partial charge in [0.05, 0.1) is 40.4 Å². The molecule has 6 rings (SSSR count). The number of nitrogens with one attached hydrogen (secondary N) is 2. The fraction of sp³-hybridized carbons (Fsp3) is 0.585. The molecule has 13 nitrogen and oxygen atoms in total. The van der Waals surface area contributed by atoms with Crippen LogP contribution in [0.15, 0.2) is 24.4 Å². The quantitative estimate of drug-likeness (QED) is 0.193. The number of piperazine rings is 1. The van der Waals surface area contributed by atoms with Crippen molar-refractivity contribution < 1.29 is 33.3 Å². The molecular weight excluding hydrogens is 724 g/mol. The number of ether oxygens (including phenoxy) is 5. The molecule has 1 unspecified atom stereocenters. The van der Waals surface area contributed by atoms with Crippen LogP contribution in [0, 0.1) is 17.2 Å². The lowest BCUT2D eigenvalue weighted by atomic mass is 9.75. The van der Waals surface area contributed by atoms with Crippen LogP contribution in [-0.4, -0.2) is 107 Å². The molecule has 2 aliphatic carbocycles. The van der Waals surface area contributed by atoms with Crippen molar-refractivity contribution in [2.45, 2.75) is 76.5 Å². The fourth-order valence-electron chi connectivity index (χ4n) is 8.35. The van der Waals surface area contributed by atoms with Gasteiger partial charge >= 0.3 is 0 Å². The lowest BCUT2D eigenvalue weighted by molar-refractivity contribution is -0.146. The van der Waals surface area contributed by atoms with Gasteiger partial charge in [-0.05, 0) is 75.5 Å². The Labute approximate surface area is 329 Å². The van der Waals surface area contributed by atoms with E-state index in [1.165, 1.54) is 26.6 Å². The fourth-order valence-corrected chi connectivity index (χ4v) is 8.65. The SMILES string of the molecule is COc1c(OC)c(OC)c(N2CCC[C@@H](C(=O)N(C3CC3)C(c3ccc(/C(C=N)=C/N)cc3Cl)C3CCC3)C2)c(OC)c1OC(C)(C)C(=O)N1CCNCC1. The van der Waals surface area contributed by atoms with Crippen LogP contribution in [-0.2, 0) is 9.59 Å². The van der Waals surface area contributed by atoms with Crippen molar-refractivity contribution in [1.82, 2.24) is 15.1 Å². The van der Waals surface area contributed by atoms with E-state index < -0.39 is 5.60 Å². The van der Waals surface area contributed by atoms with Crippen LogP contribution < -0.4 is 39.6 Å². The average molecular weight is 781 g/mol. The minimum Gasteiger partial charge on any atom is -0.491 e. The number of nitrogens with two attached hydrogens (primary N) is 1. The number of carbonyl (C=O) groups excluding carboxylic acids is 2. The molecular formula is C41H57ClN6O7. The van der Waals surface area contributed by atoms with E-state index in [2.05, 4.69) is 15.1 Å². The van der Waals surface area contributed by atoms with Crippen molar-refractivity contribution in [1.29, 1.82) is 5.41 Å². The second kappa shape index (κ2) is 17.2. The van der Waals surface area contributed by atoms with Gasteiger partial charge in [-0.15, -0.1) is 0 Å². The molecule has 14 heteroatoms. The normalized spacial score (nSPS) is 19.9. The van der Waals surface area contributed by atoms with Crippen molar-refractivity contribution in [2.75, 3.05) is 72.6 Å². The molecule has 4 aliphatic rings. The average Bonchev–Trinajstić information content (AvgIpc) is 4.02. The van der Waals surface area contributed by atoms with Crippen molar-refractivity contribution in [3.8, 4) is 28.7 Å². The number of benzene rings is 2. The van der Waals surface area contributed by atoms with Crippen LogP contribution in [0.25, 0.3) is 5.57 Å². The molecule has 0 radical (unpaired) electrons. The molecule has 4 fully saturated rings. The third kappa shape index (κ3) is 8.00. The topological polar surface area (TPSA) is 152 Å². The highest BCUT2D eigenvalue weighted by atomic mass is 35.5. The molecule has 0 aromatic heterocycles. The minimum absolute atomic E-state index is 0.115. The molecule has 4 N–H and O–H groups in total. The number of hydrogen-bond acceptors (Lipinski definition) is 11. The molecule has 2 saturated heterocycles. The zero-order chi connectivity index (χ0) is 39.4. The Morgan fingerprint density at radius 3 is 2.11 bits per heavy atom. The van der Waals surface area contributed by atoms with Crippen molar-refractivity contribution >= 4 is 40.9 Å². The van der Waals surface area contributed by atoms with E-state index >= 15 is 4.79 Å². The Kier molecular flexibility index (Phi) is 12.6. The van der Waals surface area contributed by atoms with Crippen molar-refractivity contribution in [3.05, 3.63) is 40.5 Å². The molecule has 2 amide bonds. The Bertz CT molecular complexity index is 1770. The molecule has 2 saturated carbocycles. The number of piperidine rings is 1. The molecule has 2 aromatic carbocycles. The third-order valence-electron chi connectivity index (χ3n) is 11.5. The number of rotatable bonds is 15. The van der Waals surface area contributed by atoms with Gasteiger partial charge in [0.15, 0.2) is 17.1 Å². The van der Waals surface area contributed by atoms with E-state index in [9.17, 15) is 4.79 Å². The summed E-state index contributed by atoms with van der Waals surface area (Å²) in [7, 11) is 6.16. The highest BCUT2D eigenvalue weighted by Crippen LogP contribution is 2.59. The number of nitrogens with zero attached hydrogens (tertiary/aromatic N) is 3. The number of carbonyl (C=O) groups is 2. The molecule has 0 bridgehead atoms. The van der Waals surface area contributed by atoms with Crippen LogP contribution in [0.2, 0.25) is 5.02 Å². The lowest BCUT2D eigenvalue weighted by Gasteiger charge is -2.45. The van der Waals surface area contributed by atoms with Crippen molar-refractivity contribution in [2.24, 2.45) is 17.6 Å². The summed E-state index contributed by atoms with van der Waals surface area (Å²) in [6.07, 6.45) is 9.18. The summed E-state index contributed by atoms with van der Waals surface area (Å²) in [6.45, 7) is 7.09. The summed E-state index contributed by atoms with van der Waals surface area (Å²) in [6, 6.07) is 5.81. The number of amides is 2. The molecule has 0 spiro atoms. The monoisotopic (exact) mass is 780 g/mol. The van der Waals surface area contributed by atoms with Crippen LogP contribution in [0.1, 0.15) is 76.0 Å². The zero-order valence-electron chi connectivity index (χ0n) is 33.0. The van der Waals surface area contributed by atoms with Crippen LogP contribution in [0.5, 0.6) is 28.7 Å². The van der Waals surface area contributed by atoms with Crippen molar-refractivity contribution in [3.63, 3.8) is 0 Å². The Hall–Kier alpha value is -4.36. The first-order valence-electron chi connectivity index (χ1n) is 19.4. The van der Waals surface area contributed by atoms with Crippen LogP contribution in [0.4, 0.5) is 5.69 Å². The second-order valence-electron chi connectivity index (χ2n) is 15.4. The van der Waals surface area contributed by atoms with E-state index in [4.69, 9.17) is 46.4 Å². The predicted molar refractivity (Wildman–Crippen MR) is 214 cm³/mol. The molecule has 2 heterocycles. The van der Waals surface area contributed by atoms with E-state index in [1.807, 2.05) is 18.2 Å². The highest BCUT2D eigenvalue weighted by Gasteiger charge is 2.47. The third-order valence-corrected chi connectivity index (χ3v) is 11.8. The number of hydrogen-bond donors (Lipinski definition) is 3. The standard InChI is InChI=1S/C41H57ClN6O7/c1-41(2,40(50)46-19-16-45-17-20-46)55-38-35(52-4)33(34(51-3)36(53-5)37(38)54-6)47-18-8-11-27(24-47)39(49)48(29-13-14-29)32(25-9-7-10-25)30-15-12-26(21-31(30)42)28(22-43)23-44/h12,15,21-23,25,27,29,32,43,45H,7-11,13-14,16-20,24,44H2,1-6H3/b28-23+,43-22?/t27-,32?/m1/s1. The summed E-state index contributed by atoms with van der Waals surface area (Å²) in [5, 5.41) is 11.6. The summed E-state index contributed by atoms with van der Waals surface area (Å²) >= 11 is 7.04. The van der Waals surface area contributed by atoms with Crippen LogP contribution in [0.3, 0.4) is 0 Å². The Balaban J connectivity index is 1.36. The second-order valence-corrected chi connectivity index (χ2v) is 15.8. The van der Waals surface area contributed by atoms with Gasteiger partial charge in [-0.1, -0.05) is 30.2 Å². The highest BCUT2D eigenvalue weighted by molar-refractivity contribution is 6.31. The van der Waals surface area contributed by atoms with Gasteiger partial charge in [0, 0.05) is 68.3 Å². The van der Waals surface area contributed by atoms with Gasteiger partial charge in [-0.3, -0.25) is 9.59 Å². The predicted octanol–water partition coefficient (Wildman–Crippen LogP) is 5.66. The first-order valence-corrected chi connectivity index (χ1v) is 19.8. The van der Waals surface area contributed by atoms with Gasteiger partial charge in [0.25, 0.3) is 5.91 Å². The summed E-state index contributed by atoms with van der Waals surface area (Å²) in [5.41, 5.74) is 7.37. The molecule has 300 valence electrons. The number of allylic oxidation sites excluding steroid dienone is 1. The molecule has 55 heavy (non-hydrogen) atoms. The van der Waals surface area contributed by atoms with E-state index in [1.54, 1.807) is 33.0 Å². The minimum atomic E-state index is -1.28. The maximum absolute atomic E-state index is 15.0. The van der Waals surface area contributed by atoms with E-state index in [0.29, 0.717) is 78.7 Å². The number of anilines is 1. The molecule has 2 aromatic rings. The zero-order valence-corrected chi connectivity index (χ0v) is 33.8. The summed E-state index contributed by atoms with van der Waals surface area (Å²) in [4.78, 5) is 34.9. The number of methoxy groups -OCH3 is 4. The maximum atomic E-state index is 15.0. The van der Waals surface area contributed by atoms with Gasteiger partial charge in [0.2, 0.25) is 23.2 Å². The Morgan fingerprint density at radius 1 is 0.927 bits per heavy atom. The largest absolute Gasteiger partial charge is 0.491 e. The maximum Gasteiger partial charge on any atom is 0.266 e. The smallest absolute Gasteiger partial charge is 0.266 e. The lowest BCUT2D eigenvalue weighted by Crippen LogP contribution is -2.54. The van der Waals surface area contributed by atoms with Gasteiger partial charge < -0.3 is 54.8 Å². The summed E-state index contributed by atoms with van der Waals surface area (Å²) < 4.78 is 30.6. The molecule has 2 aliphatic heterocycles. The van der Waals surface area contributed by atoms with E-state index in [0.717, 1.165) is 56.1 Å². The first-order chi connectivity index (χ1) is 26.5. The van der Waals surface area contributed by atoms with Gasteiger partial charge in [-0.25, -0.2) is 0 Å². The van der Waals surface area contributed by atoms with Crippen LogP contribution >= 0.6 is 11.6 Å².